The van der Waals surface area contributed by atoms with Gasteiger partial charge in [0.05, 0.1) is 0 Å². The summed E-state index contributed by atoms with van der Waals surface area (Å²) in [6.45, 7) is 2.13. The lowest BCUT2D eigenvalue weighted by Crippen LogP contribution is -2.36. The topological polar surface area (TPSA) is 38.0 Å². The Morgan fingerprint density at radius 2 is 2.31 bits per heavy atom. The van der Waals surface area contributed by atoms with E-state index in [0.717, 1.165) is 17.3 Å². The van der Waals surface area contributed by atoms with Gasteiger partial charge in [0.25, 0.3) is 0 Å². The highest BCUT2D eigenvalue weighted by molar-refractivity contribution is 9.10. The van der Waals surface area contributed by atoms with Crippen LogP contribution in [0.1, 0.15) is 18.9 Å². The van der Waals surface area contributed by atoms with Crippen molar-refractivity contribution in [1.82, 2.24) is 5.43 Å². The van der Waals surface area contributed by atoms with Crippen LogP contribution in [0.4, 0.5) is 0 Å². The van der Waals surface area contributed by atoms with Crippen LogP contribution in [-0.2, 0) is 6.42 Å². The average molecular weight is 243 g/mol. The molecule has 0 radical (unpaired) electrons. The number of benzene rings is 1. The number of hydrogen-bond donors (Lipinski definition) is 2. The Hall–Kier alpha value is -0.380. The third-order valence-corrected chi connectivity index (χ3v) is 2.59. The molecule has 0 saturated carbocycles. The molecule has 0 aliphatic rings. The molecule has 72 valence electrons. The van der Waals surface area contributed by atoms with Crippen LogP contribution in [0.15, 0.2) is 28.7 Å². The first-order chi connectivity index (χ1) is 6.26. The van der Waals surface area contributed by atoms with E-state index in [0.29, 0.717) is 6.04 Å². The fourth-order valence-corrected chi connectivity index (χ4v) is 1.72. The largest absolute Gasteiger partial charge is 0.271 e. The summed E-state index contributed by atoms with van der Waals surface area (Å²) in [4.78, 5) is 0. The summed E-state index contributed by atoms with van der Waals surface area (Å²) < 4.78 is 1.12. The second kappa shape index (κ2) is 5.37. The van der Waals surface area contributed by atoms with Crippen LogP contribution in [0.3, 0.4) is 0 Å². The van der Waals surface area contributed by atoms with Gasteiger partial charge >= 0.3 is 0 Å². The van der Waals surface area contributed by atoms with E-state index in [1.54, 1.807) is 0 Å². The molecule has 1 aromatic carbocycles. The van der Waals surface area contributed by atoms with E-state index in [1.807, 2.05) is 12.1 Å². The van der Waals surface area contributed by atoms with Gasteiger partial charge in [-0.15, -0.1) is 0 Å². The summed E-state index contributed by atoms with van der Waals surface area (Å²) in [6, 6.07) is 8.68. The zero-order chi connectivity index (χ0) is 9.68. The molecule has 0 heterocycles. The molecule has 2 nitrogen and oxygen atoms in total. The van der Waals surface area contributed by atoms with E-state index in [-0.39, 0.29) is 0 Å². The summed E-state index contributed by atoms with van der Waals surface area (Å²) in [7, 11) is 0. The smallest absolute Gasteiger partial charge is 0.0248 e. The van der Waals surface area contributed by atoms with Crippen LogP contribution in [0.25, 0.3) is 0 Å². The second-order valence-electron chi connectivity index (χ2n) is 3.11. The SMILES string of the molecule is CCC(Cc1cccc(Br)c1)NN. The van der Waals surface area contributed by atoms with Crippen molar-refractivity contribution in [2.45, 2.75) is 25.8 Å². The molecule has 0 bridgehead atoms. The molecular weight excluding hydrogens is 228 g/mol. The van der Waals surface area contributed by atoms with Gasteiger partial charge in [-0.1, -0.05) is 35.0 Å². The normalized spacial score (nSPS) is 12.8. The van der Waals surface area contributed by atoms with E-state index < -0.39 is 0 Å². The van der Waals surface area contributed by atoms with Gasteiger partial charge < -0.3 is 0 Å². The summed E-state index contributed by atoms with van der Waals surface area (Å²) in [5, 5.41) is 0. The van der Waals surface area contributed by atoms with Crippen molar-refractivity contribution in [2.24, 2.45) is 5.84 Å². The lowest BCUT2D eigenvalue weighted by atomic mass is 10.1. The van der Waals surface area contributed by atoms with Gasteiger partial charge in [0.2, 0.25) is 0 Å². The fraction of sp³-hybridized carbons (Fsp3) is 0.400. The van der Waals surface area contributed by atoms with Gasteiger partial charge in [-0.3, -0.25) is 11.3 Å². The minimum Gasteiger partial charge on any atom is -0.271 e. The van der Waals surface area contributed by atoms with Crippen LogP contribution in [0.2, 0.25) is 0 Å². The van der Waals surface area contributed by atoms with Gasteiger partial charge in [0.1, 0.15) is 0 Å². The quantitative estimate of drug-likeness (QED) is 0.628. The van der Waals surface area contributed by atoms with Crippen molar-refractivity contribution in [1.29, 1.82) is 0 Å². The number of hydrazine groups is 1. The van der Waals surface area contributed by atoms with Crippen molar-refractivity contribution >= 4 is 15.9 Å². The fourth-order valence-electron chi connectivity index (χ4n) is 1.27. The minimum atomic E-state index is 0.370. The molecular formula is C10H15BrN2. The first-order valence-corrected chi connectivity index (χ1v) is 5.26. The highest BCUT2D eigenvalue weighted by atomic mass is 79.9. The third kappa shape index (κ3) is 3.46. The lowest BCUT2D eigenvalue weighted by Gasteiger charge is -2.13. The van der Waals surface area contributed by atoms with Gasteiger partial charge in [-0.05, 0) is 30.5 Å². The molecule has 0 aliphatic carbocycles. The predicted octanol–water partition coefficient (Wildman–Crippen LogP) is 2.23. The molecule has 3 heteroatoms. The maximum atomic E-state index is 5.41. The Morgan fingerprint density at radius 3 is 2.85 bits per heavy atom. The Morgan fingerprint density at radius 1 is 1.54 bits per heavy atom. The molecule has 0 amide bonds. The lowest BCUT2D eigenvalue weighted by molar-refractivity contribution is 0.511. The van der Waals surface area contributed by atoms with Gasteiger partial charge in [-0.2, -0.15) is 0 Å². The van der Waals surface area contributed by atoms with Crippen LogP contribution in [0, 0.1) is 0 Å². The maximum absolute atomic E-state index is 5.41. The Labute approximate surface area is 87.6 Å². The van der Waals surface area contributed by atoms with Crippen molar-refractivity contribution in [3.63, 3.8) is 0 Å². The molecule has 1 aromatic rings. The van der Waals surface area contributed by atoms with Gasteiger partial charge in [0, 0.05) is 10.5 Å². The summed E-state index contributed by atoms with van der Waals surface area (Å²) in [5.74, 6) is 5.41. The second-order valence-corrected chi connectivity index (χ2v) is 4.02. The standard InChI is InChI=1S/C10H15BrN2/c1-2-10(13-12)7-8-4-3-5-9(11)6-8/h3-6,10,13H,2,7,12H2,1H3. The summed E-state index contributed by atoms with van der Waals surface area (Å²) in [5.41, 5.74) is 4.11. The molecule has 0 aliphatic heterocycles. The van der Waals surface area contributed by atoms with Crippen LogP contribution >= 0.6 is 15.9 Å². The molecule has 1 atom stereocenters. The van der Waals surface area contributed by atoms with E-state index in [4.69, 9.17) is 5.84 Å². The average Bonchev–Trinajstić information content (AvgIpc) is 2.14. The molecule has 13 heavy (non-hydrogen) atoms. The van der Waals surface area contributed by atoms with E-state index >= 15 is 0 Å². The van der Waals surface area contributed by atoms with Gasteiger partial charge in [0.15, 0.2) is 0 Å². The number of nitrogens with one attached hydrogen (secondary N) is 1. The van der Waals surface area contributed by atoms with Crippen LogP contribution < -0.4 is 11.3 Å². The molecule has 3 N–H and O–H groups in total. The highest BCUT2D eigenvalue weighted by Gasteiger charge is 2.04. The van der Waals surface area contributed by atoms with E-state index in [1.165, 1.54) is 5.56 Å². The molecule has 1 unspecified atom stereocenters. The molecule has 0 saturated heterocycles. The third-order valence-electron chi connectivity index (χ3n) is 2.10. The van der Waals surface area contributed by atoms with E-state index in [9.17, 15) is 0 Å². The van der Waals surface area contributed by atoms with Crippen molar-refractivity contribution in [2.75, 3.05) is 0 Å². The zero-order valence-electron chi connectivity index (χ0n) is 7.76. The van der Waals surface area contributed by atoms with Crippen molar-refractivity contribution in [3.8, 4) is 0 Å². The minimum absolute atomic E-state index is 0.370. The summed E-state index contributed by atoms with van der Waals surface area (Å²) >= 11 is 3.44. The van der Waals surface area contributed by atoms with Crippen molar-refractivity contribution < 1.29 is 0 Å². The first-order valence-electron chi connectivity index (χ1n) is 4.46. The van der Waals surface area contributed by atoms with E-state index in [2.05, 4.69) is 40.4 Å². The highest BCUT2D eigenvalue weighted by Crippen LogP contribution is 2.13. The van der Waals surface area contributed by atoms with Gasteiger partial charge in [-0.25, -0.2) is 0 Å². The molecule has 0 spiro atoms. The molecule has 1 rings (SSSR count). The Balaban J connectivity index is 2.62. The monoisotopic (exact) mass is 242 g/mol. The predicted molar refractivity (Wildman–Crippen MR) is 59.2 cm³/mol. The first kappa shape index (κ1) is 10.7. The van der Waals surface area contributed by atoms with Crippen LogP contribution in [0.5, 0.6) is 0 Å². The number of hydrogen-bond acceptors (Lipinski definition) is 2. The Kier molecular flexibility index (Phi) is 4.42. The zero-order valence-corrected chi connectivity index (χ0v) is 9.34. The summed E-state index contributed by atoms with van der Waals surface area (Å²) in [6.07, 6.45) is 2.02. The number of nitrogens with two attached hydrogens (primary N) is 1. The molecule has 0 aromatic heterocycles. The number of rotatable bonds is 4. The Bertz CT molecular complexity index is 259. The molecule has 0 fully saturated rings. The van der Waals surface area contributed by atoms with Crippen LogP contribution in [-0.4, -0.2) is 6.04 Å². The number of halogens is 1. The van der Waals surface area contributed by atoms with Crippen molar-refractivity contribution in [3.05, 3.63) is 34.3 Å². The maximum Gasteiger partial charge on any atom is 0.0248 e.